The van der Waals surface area contributed by atoms with Crippen LogP contribution in [0.25, 0.3) is 0 Å². The number of aromatic amines is 1. The van der Waals surface area contributed by atoms with Gasteiger partial charge in [0.1, 0.15) is 17.8 Å². The molecule has 7 heteroatoms. The van der Waals surface area contributed by atoms with Crippen LogP contribution >= 0.6 is 0 Å². The first-order valence-corrected chi connectivity index (χ1v) is 7.40. The van der Waals surface area contributed by atoms with Gasteiger partial charge >= 0.3 is 5.69 Å². The van der Waals surface area contributed by atoms with Crippen LogP contribution in [-0.2, 0) is 11.8 Å². The molecular formula is C15H22N4O3. The second-order valence-corrected chi connectivity index (χ2v) is 5.59. The Morgan fingerprint density at radius 1 is 1.27 bits per heavy atom. The lowest BCUT2D eigenvalue weighted by atomic mass is 10.1. The van der Waals surface area contributed by atoms with Crippen molar-refractivity contribution < 1.29 is 4.79 Å². The number of anilines is 2. The highest BCUT2D eigenvalue weighted by molar-refractivity contribution is 5.73. The van der Waals surface area contributed by atoms with Crippen molar-refractivity contribution >= 4 is 17.8 Å². The van der Waals surface area contributed by atoms with Crippen LogP contribution in [0.3, 0.4) is 0 Å². The Morgan fingerprint density at radius 2 is 2.00 bits per heavy atom. The number of carbonyl (C=O) groups is 1. The molecule has 7 nitrogen and oxygen atoms in total. The van der Waals surface area contributed by atoms with Gasteiger partial charge in [0, 0.05) is 26.2 Å². The second kappa shape index (κ2) is 6.64. The predicted molar refractivity (Wildman–Crippen MR) is 86.3 cm³/mol. The zero-order valence-corrected chi connectivity index (χ0v) is 13.1. The van der Waals surface area contributed by atoms with E-state index < -0.39 is 5.69 Å². The van der Waals surface area contributed by atoms with E-state index in [1.54, 1.807) is 7.05 Å². The van der Waals surface area contributed by atoms with Gasteiger partial charge in [0.05, 0.1) is 6.67 Å². The van der Waals surface area contributed by atoms with Gasteiger partial charge in [-0.1, -0.05) is 13.0 Å². The molecule has 0 aromatic carbocycles. The fraction of sp³-hybridized carbons (Fsp3) is 0.533. The van der Waals surface area contributed by atoms with E-state index in [-0.39, 0.29) is 5.56 Å². The minimum absolute atomic E-state index is 0.373. The number of hydrogen-bond donors (Lipinski definition) is 1. The Labute approximate surface area is 128 Å². The molecule has 22 heavy (non-hydrogen) atoms. The van der Waals surface area contributed by atoms with Gasteiger partial charge in [-0.25, -0.2) is 4.79 Å². The first-order valence-electron chi connectivity index (χ1n) is 7.40. The Bertz CT molecular complexity index is 689. The minimum atomic E-state index is -0.428. The molecular weight excluding hydrogens is 284 g/mol. The van der Waals surface area contributed by atoms with Gasteiger partial charge in [0.25, 0.3) is 5.56 Å². The van der Waals surface area contributed by atoms with Crippen LogP contribution in [0.4, 0.5) is 11.5 Å². The maximum atomic E-state index is 12.0. The molecule has 1 N–H and O–H groups in total. The van der Waals surface area contributed by atoms with E-state index in [0.717, 1.165) is 37.7 Å². The Morgan fingerprint density at radius 3 is 2.68 bits per heavy atom. The average Bonchev–Trinajstić information content (AvgIpc) is 2.82. The second-order valence-electron chi connectivity index (χ2n) is 5.59. The smallest absolute Gasteiger partial charge is 0.329 e. The summed E-state index contributed by atoms with van der Waals surface area (Å²) >= 11 is 0. The van der Waals surface area contributed by atoms with E-state index in [9.17, 15) is 14.4 Å². The number of unbranched alkanes of at least 4 members (excludes halogenated alkanes) is 3. The molecule has 1 aromatic rings. The highest BCUT2D eigenvalue weighted by Crippen LogP contribution is 2.33. The third-order valence-corrected chi connectivity index (χ3v) is 3.93. The van der Waals surface area contributed by atoms with Crippen molar-refractivity contribution in [2.75, 3.05) is 23.5 Å². The number of hydrogen-bond acceptors (Lipinski definition) is 5. The summed E-state index contributed by atoms with van der Waals surface area (Å²) in [5.41, 5.74) is 0.561. The monoisotopic (exact) mass is 306 g/mol. The molecule has 0 aliphatic carbocycles. The molecule has 0 saturated carbocycles. The number of nitrogens with zero attached hydrogens (tertiary/aromatic N) is 3. The van der Waals surface area contributed by atoms with E-state index in [1.165, 1.54) is 4.57 Å². The summed E-state index contributed by atoms with van der Waals surface area (Å²) in [4.78, 5) is 40.1. The van der Waals surface area contributed by atoms with Gasteiger partial charge in [-0.15, -0.1) is 0 Å². The molecule has 0 fully saturated rings. The van der Waals surface area contributed by atoms with Crippen LogP contribution in [-0.4, -0.2) is 29.6 Å². The maximum Gasteiger partial charge on any atom is 0.329 e. The topological polar surface area (TPSA) is 78.4 Å². The van der Waals surface area contributed by atoms with Gasteiger partial charge in [-0.3, -0.25) is 14.3 Å². The Kier molecular flexibility index (Phi) is 4.85. The number of aldehydes is 1. The maximum absolute atomic E-state index is 12.0. The zero-order valence-electron chi connectivity index (χ0n) is 13.1. The number of nitrogens with one attached hydrogen (secondary N) is 1. The lowest BCUT2D eigenvalue weighted by molar-refractivity contribution is -0.107. The molecule has 0 unspecified atom stereocenters. The highest BCUT2D eigenvalue weighted by atomic mass is 16.2. The quantitative estimate of drug-likeness (QED) is 0.599. The molecule has 0 amide bonds. The van der Waals surface area contributed by atoms with Crippen molar-refractivity contribution in [2.24, 2.45) is 7.05 Å². The summed E-state index contributed by atoms with van der Waals surface area (Å²) in [6.07, 6.45) is 5.06. The average molecular weight is 306 g/mol. The van der Waals surface area contributed by atoms with Crippen LogP contribution < -0.4 is 21.0 Å². The summed E-state index contributed by atoms with van der Waals surface area (Å²) < 4.78 is 1.44. The fourth-order valence-electron chi connectivity index (χ4n) is 2.72. The summed E-state index contributed by atoms with van der Waals surface area (Å²) in [5.74, 6) is 0.592. The summed E-state index contributed by atoms with van der Waals surface area (Å²) in [5, 5.41) is 0. The van der Waals surface area contributed by atoms with E-state index in [1.807, 2.05) is 16.8 Å². The van der Waals surface area contributed by atoms with E-state index >= 15 is 0 Å². The minimum Gasteiger partial charge on any atom is -0.349 e. The van der Waals surface area contributed by atoms with Crippen molar-refractivity contribution in [3.63, 3.8) is 0 Å². The Hall–Kier alpha value is -2.31. The van der Waals surface area contributed by atoms with E-state index in [4.69, 9.17) is 0 Å². The number of H-pyrrole nitrogens is 1. The molecule has 1 aliphatic heterocycles. The highest BCUT2D eigenvalue weighted by Gasteiger charge is 2.30. The summed E-state index contributed by atoms with van der Waals surface area (Å²) in [6, 6.07) is 0. The molecule has 0 atom stereocenters. The summed E-state index contributed by atoms with van der Waals surface area (Å²) in [6.45, 7) is 4.59. The number of fused-ring (bicyclic) bond motifs is 1. The molecule has 0 radical (unpaired) electrons. The predicted octanol–water partition coefficient (Wildman–Crippen LogP) is 0.950. The number of carbonyl (C=O) groups excluding carboxylic acids is 1. The molecule has 0 bridgehead atoms. The van der Waals surface area contributed by atoms with Crippen molar-refractivity contribution in [3.8, 4) is 0 Å². The van der Waals surface area contributed by atoms with Crippen molar-refractivity contribution in [3.05, 3.63) is 33.1 Å². The van der Waals surface area contributed by atoms with Crippen LogP contribution in [0.15, 0.2) is 21.9 Å². The lowest BCUT2D eigenvalue weighted by Gasteiger charge is -2.22. The van der Waals surface area contributed by atoms with Crippen molar-refractivity contribution in [1.82, 2.24) is 9.55 Å². The van der Waals surface area contributed by atoms with Crippen LogP contribution in [0.2, 0.25) is 0 Å². The lowest BCUT2D eigenvalue weighted by Crippen LogP contribution is -2.31. The van der Waals surface area contributed by atoms with Crippen LogP contribution in [0, 0.1) is 0 Å². The Balaban J connectivity index is 2.16. The van der Waals surface area contributed by atoms with Gasteiger partial charge in [-0.05, 0) is 19.3 Å². The molecule has 120 valence electrons. The van der Waals surface area contributed by atoms with E-state index in [2.05, 4.69) is 11.6 Å². The van der Waals surface area contributed by atoms with Crippen molar-refractivity contribution in [2.45, 2.75) is 32.1 Å². The standard InChI is InChI=1S/C15H22N4O3/c1-11(8-6-4-5-7-9-20)19-10-17(2)12-13(21)16-15(22)18(3)14(12)19/h9H,1,4-8,10H2,2-3H3,(H,16,21,22). The summed E-state index contributed by atoms with van der Waals surface area (Å²) in [7, 11) is 3.45. The van der Waals surface area contributed by atoms with Gasteiger partial charge in [-0.2, -0.15) is 0 Å². The van der Waals surface area contributed by atoms with Gasteiger partial charge < -0.3 is 14.6 Å². The largest absolute Gasteiger partial charge is 0.349 e. The molecule has 0 saturated heterocycles. The zero-order chi connectivity index (χ0) is 16.3. The molecule has 2 rings (SSSR count). The van der Waals surface area contributed by atoms with Gasteiger partial charge in [0.15, 0.2) is 0 Å². The molecule has 0 spiro atoms. The van der Waals surface area contributed by atoms with Crippen LogP contribution in [0.5, 0.6) is 0 Å². The number of aromatic nitrogens is 2. The van der Waals surface area contributed by atoms with Crippen LogP contribution in [0.1, 0.15) is 32.1 Å². The molecule has 1 aliphatic rings. The fourth-order valence-corrected chi connectivity index (χ4v) is 2.72. The molecule has 1 aromatic heterocycles. The third-order valence-electron chi connectivity index (χ3n) is 3.93. The van der Waals surface area contributed by atoms with Crippen molar-refractivity contribution in [1.29, 1.82) is 0 Å². The molecule has 2 heterocycles. The van der Waals surface area contributed by atoms with E-state index in [0.29, 0.717) is 24.6 Å². The van der Waals surface area contributed by atoms with Gasteiger partial charge in [0.2, 0.25) is 0 Å². The number of rotatable bonds is 7. The first-order chi connectivity index (χ1) is 10.5. The SMILES string of the molecule is C=C(CCCCCC=O)N1CN(C)c2c1n(C)c(=O)[nH]c2=O. The number of allylic oxidation sites excluding steroid dienone is 1. The normalized spacial score (nSPS) is 13.4. The third kappa shape index (κ3) is 2.98. The first kappa shape index (κ1) is 16.1.